The van der Waals surface area contributed by atoms with Crippen molar-refractivity contribution in [3.8, 4) is 0 Å². The van der Waals surface area contributed by atoms with Crippen LogP contribution >= 0.6 is 15.9 Å². The van der Waals surface area contributed by atoms with Crippen molar-refractivity contribution >= 4 is 32.9 Å². The van der Waals surface area contributed by atoms with Crippen molar-refractivity contribution in [3.63, 3.8) is 0 Å². The second-order valence-electron chi connectivity index (χ2n) is 4.05. The van der Waals surface area contributed by atoms with Gasteiger partial charge in [0.15, 0.2) is 0 Å². The number of nitrogens with zero attached hydrogens (tertiary/aromatic N) is 3. The lowest BCUT2D eigenvalue weighted by molar-refractivity contribution is 0.809. The Kier molecular flexibility index (Phi) is 2.79. The second kappa shape index (κ2) is 4.45. The first kappa shape index (κ1) is 11.3. The molecule has 2 N–H and O–H groups in total. The van der Waals surface area contributed by atoms with Crippen LogP contribution in [-0.4, -0.2) is 19.5 Å². The third kappa shape index (κ3) is 2.11. The molecule has 0 saturated carbocycles. The lowest BCUT2D eigenvalue weighted by Crippen LogP contribution is -2.06. The number of benzene rings is 1. The third-order valence-electron chi connectivity index (χ3n) is 2.78. The van der Waals surface area contributed by atoms with Gasteiger partial charge in [-0.2, -0.15) is 0 Å². The first-order valence-electron chi connectivity index (χ1n) is 5.58. The molecule has 0 bridgehead atoms. The summed E-state index contributed by atoms with van der Waals surface area (Å²) in [5, 5.41) is 3.23. The molecule has 0 atom stereocenters. The molecule has 0 spiro atoms. The van der Waals surface area contributed by atoms with E-state index in [2.05, 4.69) is 36.2 Å². The van der Waals surface area contributed by atoms with Crippen molar-refractivity contribution in [2.45, 2.75) is 6.54 Å². The van der Waals surface area contributed by atoms with Gasteiger partial charge in [-0.3, -0.25) is 0 Å². The third-order valence-corrected chi connectivity index (χ3v) is 3.27. The molecule has 92 valence electrons. The van der Waals surface area contributed by atoms with Crippen molar-refractivity contribution in [2.75, 3.05) is 5.32 Å². The zero-order valence-electron chi connectivity index (χ0n) is 9.81. The predicted molar refractivity (Wildman–Crippen MR) is 74.3 cm³/mol. The highest BCUT2D eigenvalue weighted by molar-refractivity contribution is 9.10. The Labute approximate surface area is 112 Å². The minimum Gasteiger partial charge on any atom is -0.349 e. The van der Waals surface area contributed by atoms with E-state index < -0.39 is 0 Å². The van der Waals surface area contributed by atoms with Crippen molar-refractivity contribution in [1.82, 2.24) is 19.5 Å². The van der Waals surface area contributed by atoms with E-state index in [0.29, 0.717) is 6.54 Å². The molecule has 0 radical (unpaired) electrons. The molecular weight excluding hydrogens is 294 g/mol. The van der Waals surface area contributed by atoms with E-state index in [4.69, 9.17) is 0 Å². The van der Waals surface area contributed by atoms with Gasteiger partial charge in [-0.25, -0.2) is 9.97 Å². The Hall–Kier alpha value is -1.82. The molecule has 5 nitrogen and oxygen atoms in total. The highest BCUT2D eigenvalue weighted by Crippen LogP contribution is 2.19. The van der Waals surface area contributed by atoms with Gasteiger partial charge >= 0.3 is 0 Å². The van der Waals surface area contributed by atoms with Gasteiger partial charge in [-0.15, -0.1) is 0 Å². The number of fused-ring (bicyclic) bond motifs is 1. The van der Waals surface area contributed by atoms with E-state index in [1.165, 1.54) is 0 Å². The van der Waals surface area contributed by atoms with Gasteiger partial charge in [-0.1, -0.05) is 15.9 Å². The van der Waals surface area contributed by atoms with Gasteiger partial charge < -0.3 is 14.9 Å². The SMILES string of the molecule is Cn1ccnc1CNc1nc2ccc(Br)cc2[nH]1. The van der Waals surface area contributed by atoms with Crippen LogP contribution in [-0.2, 0) is 13.6 Å². The average Bonchev–Trinajstić information content (AvgIpc) is 2.92. The molecule has 6 heteroatoms. The predicted octanol–water partition coefficient (Wildman–Crippen LogP) is 2.67. The zero-order chi connectivity index (χ0) is 12.5. The fraction of sp³-hybridized carbons (Fsp3) is 0.167. The smallest absolute Gasteiger partial charge is 0.201 e. The van der Waals surface area contributed by atoms with Gasteiger partial charge in [0.1, 0.15) is 5.82 Å². The highest BCUT2D eigenvalue weighted by Gasteiger charge is 2.04. The van der Waals surface area contributed by atoms with E-state index in [-0.39, 0.29) is 0 Å². The number of aromatic amines is 1. The summed E-state index contributed by atoms with van der Waals surface area (Å²) in [5.74, 6) is 1.72. The molecule has 0 amide bonds. The topological polar surface area (TPSA) is 58.5 Å². The zero-order valence-corrected chi connectivity index (χ0v) is 11.4. The Morgan fingerprint density at radius 3 is 3.11 bits per heavy atom. The standard InChI is InChI=1S/C12H12BrN5/c1-18-5-4-14-11(18)7-15-12-16-9-3-2-8(13)6-10(9)17-12/h2-6H,7H2,1H3,(H2,15,16,17). The summed E-state index contributed by atoms with van der Waals surface area (Å²) in [6.07, 6.45) is 3.71. The summed E-state index contributed by atoms with van der Waals surface area (Å²) in [6, 6.07) is 5.96. The summed E-state index contributed by atoms with van der Waals surface area (Å²) in [6.45, 7) is 0.643. The fourth-order valence-electron chi connectivity index (χ4n) is 1.80. The maximum Gasteiger partial charge on any atom is 0.201 e. The molecule has 1 aromatic carbocycles. The van der Waals surface area contributed by atoms with Crippen LogP contribution in [0, 0.1) is 0 Å². The first-order chi connectivity index (χ1) is 8.72. The number of aromatic nitrogens is 4. The van der Waals surface area contributed by atoms with Crippen LogP contribution in [0.3, 0.4) is 0 Å². The number of aryl methyl sites for hydroxylation is 1. The van der Waals surface area contributed by atoms with Crippen LogP contribution in [0.1, 0.15) is 5.82 Å². The normalized spacial score (nSPS) is 11.0. The summed E-state index contributed by atoms with van der Waals surface area (Å²) in [7, 11) is 1.97. The van der Waals surface area contributed by atoms with Crippen LogP contribution in [0.4, 0.5) is 5.95 Å². The second-order valence-corrected chi connectivity index (χ2v) is 4.97. The molecule has 0 aliphatic carbocycles. The van der Waals surface area contributed by atoms with Gasteiger partial charge in [0.05, 0.1) is 17.6 Å². The van der Waals surface area contributed by atoms with Crippen molar-refractivity contribution in [3.05, 3.63) is 40.9 Å². The van der Waals surface area contributed by atoms with Crippen LogP contribution in [0.25, 0.3) is 11.0 Å². The van der Waals surface area contributed by atoms with Crippen LogP contribution < -0.4 is 5.32 Å². The first-order valence-corrected chi connectivity index (χ1v) is 6.37. The lowest BCUT2D eigenvalue weighted by Gasteiger charge is -2.02. The van der Waals surface area contributed by atoms with E-state index >= 15 is 0 Å². The summed E-state index contributed by atoms with van der Waals surface area (Å²) in [4.78, 5) is 11.9. The molecule has 0 saturated heterocycles. The molecule has 0 aliphatic heterocycles. The van der Waals surface area contributed by atoms with Crippen LogP contribution in [0.2, 0.25) is 0 Å². The number of halogens is 1. The molecule has 0 fully saturated rings. The summed E-state index contributed by atoms with van der Waals surface area (Å²) in [5.41, 5.74) is 1.95. The molecule has 0 unspecified atom stereocenters. The maximum atomic E-state index is 4.46. The molecular formula is C12H12BrN5. The summed E-state index contributed by atoms with van der Waals surface area (Å²) < 4.78 is 3.01. The highest BCUT2D eigenvalue weighted by atomic mass is 79.9. The Morgan fingerprint density at radius 1 is 1.44 bits per heavy atom. The molecule has 3 aromatic rings. The van der Waals surface area contributed by atoms with E-state index in [1.807, 2.05) is 36.0 Å². The molecule has 3 rings (SSSR count). The molecule has 18 heavy (non-hydrogen) atoms. The van der Waals surface area contributed by atoms with Gasteiger partial charge in [0, 0.05) is 23.9 Å². The van der Waals surface area contributed by atoms with Gasteiger partial charge in [0.2, 0.25) is 5.95 Å². The van der Waals surface area contributed by atoms with E-state index in [0.717, 1.165) is 27.3 Å². The van der Waals surface area contributed by atoms with Crippen LogP contribution in [0.5, 0.6) is 0 Å². The summed E-state index contributed by atoms with van der Waals surface area (Å²) >= 11 is 3.44. The number of hydrogen-bond acceptors (Lipinski definition) is 3. The van der Waals surface area contributed by atoms with Gasteiger partial charge in [0.25, 0.3) is 0 Å². The Balaban J connectivity index is 1.81. The fourth-order valence-corrected chi connectivity index (χ4v) is 2.16. The minimum atomic E-state index is 0.643. The molecule has 0 aliphatic rings. The number of nitrogens with one attached hydrogen (secondary N) is 2. The van der Waals surface area contributed by atoms with Gasteiger partial charge in [-0.05, 0) is 18.2 Å². The average molecular weight is 306 g/mol. The van der Waals surface area contributed by atoms with E-state index in [9.17, 15) is 0 Å². The largest absolute Gasteiger partial charge is 0.349 e. The van der Waals surface area contributed by atoms with Crippen LogP contribution in [0.15, 0.2) is 35.1 Å². The molecule has 2 aromatic heterocycles. The monoisotopic (exact) mass is 305 g/mol. The number of imidazole rings is 2. The maximum absolute atomic E-state index is 4.46. The Bertz CT molecular complexity index is 685. The quantitative estimate of drug-likeness (QED) is 0.782. The number of anilines is 1. The van der Waals surface area contributed by atoms with Crippen molar-refractivity contribution in [1.29, 1.82) is 0 Å². The Morgan fingerprint density at radius 2 is 2.33 bits per heavy atom. The number of H-pyrrole nitrogens is 1. The minimum absolute atomic E-state index is 0.643. The number of hydrogen-bond donors (Lipinski definition) is 2. The van der Waals surface area contributed by atoms with Crippen molar-refractivity contribution < 1.29 is 0 Å². The lowest BCUT2D eigenvalue weighted by atomic mass is 10.3. The van der Waals surface area contributed by atoms with E-state index in [1.54, 1.807) is 6.20 Å². The number of rotatable bonds is 3. The van der Waals surface area contributed by atoms with Crippen molar-refractivity contribution in [2.24, 2.45) is 7.05 Å². The molecule has 2 heterocycles.